The smallest absolute Gasteiger partial charge is 0.233 e. The van der Waals surface area contributed by atoms with Crippen LogP contribution in [-0.2, 0) is 6.54 Å². The predicted molar refractivity (Wildman–Crippen MR) is 56.1 cm³/mol. The van der Waals surface area contributed by atoms with Gasteiger partial charge in [-0.25, -0.2) is 0 Å². The van der Waals surface area contributed by atoms with Gasteiger partial charge >= 0.3 is 0 Å². The molecule has 0 heterocycles. The Morgan fingerprint density at radius 2 is 2.29 bits per heavy atom. The lowest BCUT2D eigenvalue weighted by Gasteiger charge is -2.16. The highest BCUT2D eigenvalue weighted by molar-refractivity contribution is 5.77. The molecule has 0 aliphatic rings. The predicted octanol–water partition coefficient (Wildman–Crippen LogP) is 1.13. The molecule has 0 atom stereocenters. The number of oxime groups is 1. The van der Waals surface area contributed by atoms with Gasteiger partial charge in [-0.3, -0.25) is 0 Å². The summed E-state index contributed by atoms with van der Waals surface area (Å²) in [6.07, 6.45) is 0. The number of guanidine groups is 1. The molecule has 0 amide bonds. The lowest BCUT2D eigenvalue weighted by atomic mass is 10.1. The molecule has 76 valence electrons. The van der Waals surface area contributed by atoms with Gasteiger partial charge in [-0.05, 0) is 12.5 Å². The Kier molecular flexibility index (Phi) is 3.34. The monoisotopic (exact) mass is 193 g/mol. The van der Waals surface area contributed by atoms with Gasteiger partial charge in [0.2, 0.25) is 5.96 Å². The zero-order valence-corrected chi connectivity index (χ0v) is 8.44. The summed E-state index contributed by atoms with van der Waals surface area (Å²) < 4.78 is 0. The second-order valence-electron chi connectivity index (χ2n) is 3.30. The minimum Gasteiger partial charge on any atom is -0.408 e. The van der Waals surface area contributed by atoms with Crippen LogP contribution in [-0.4, -0.2) is 23.1 Å². The largest absolute Gasteiger partial charge is 0.408 e. The molecule has 1 rings (SSSR count). The van der Waals surface area contributed by atoms with Crippen molar-refractivity contribution in [2.75, 3.05) is 7.05 Å². The van der Waals surface area contributed by atoms with Crippen LogP contribution in [0.1, 0.15) is 11.1 Å². The summed E-state index contributed by atoms with van der Waals surface area (Å²) in [5.74, 6) is 0.117. The van der Waals surface area contributed by atoms with E-state index >= 15 is 0 Å². The third-order valence-corrected chi connectivity index (χ3v) is 2.00. The molecule has 0 saturated carbocycles. The van der Waals surface area contributed by atoms with Crippen molar-refractivity contribution >= 4 is 5.96 Å². The number of rotatable bonds is 2. The van der Waals surface area contributed by atoms with Crippen LogP contribution >= 0.6 is 0 Å². The van der Waals surface area contributed by atoms with E-state index in [0.717, 1.165) is 5.56 Å². The third kappa shape index (κ3) is 2.65. The molecule has 14 heavy (non-hydrogen) atoms. The van der Waals surface area contributed by atoms with Crippen LogP contribution in [0.15, 0.2) is 29.4 Å². The molecule has 0 radical (unpaired) electrons. The number of nitrogens with two attached hydrogens (primary N) is 1. The van der Waals surface area contributed by atoms with Crippen LogP contribution in [0.25, 0.3) is 0 Å². The van der Waals surface area contributed by atoms with Crippen LogP contribution in [0.5, 0.6) is 0 Å². The van der Waals surface area contributed by atoms with E-state index in [1.165, 1.54) is 5.56 Å². The van der Waals surface area contributed by atoms with Crippen LogP contribution in [0.3, 0.4) is 0 Å². The molecule has 0 unspecified atom stereocenters. The van der Waals surface area contributed by atoms with Gasteiger partial charge in [0.15, 0.2) is 0 Å². The number of hydrogen-bond acceptors (Lipinski definition) is 2. The zero-order chi connectivity index (χ0) is 10.6. The first kappa shape index (κ1) is 10.4. The Morgan fingerprint density at radius 1 is 1.57 bits per heavy atom. The quantitative estimate of drug-likeness (QED) is 0.320. The summed E-state index contributed by atoms with van der Waals surface area (Å²) in [6, 6.07) is 8.10. The van der Waals surface area contributed by atoms with Gasteiger partial charge in [-0.2, -0.15) is 0 Å². The molecule has 4 heteroatoms. The first-order valence-corrected chi connectivity index (χ1v) is 4.37. The molecule has 3 N–H and O–H groups in total. The standard InChI is InChI=1S/C10H15N3O/c1-8-4-3-5-9(6-8)7-13(2)10(11)12-14/h3-6,14H,7H2,1-2H3,(H2,11,12). The van der Waals surface area contributed by atoms with Gasteiger partial charge in [-0.1, -0.05) is 35.0 Å². The van der Waals surface area contributed by atoms with Crippen molar-refractivity contribution in [2.24, 2.45) is 10.9 Å². The van der Waals surface area contributed by atoms with Crippen molar-refractivity contribution in [2.45, 2.75) is 13.5 Å². The first-order valence-electron chi connectivity index (χ1n) is 4.37. The second-order valence-corrected chi connectivity index (χ2v) is 3.30. The Morgan fingerprint density at radius 3 is 2.86 bits per heavy atom. The van der Waals surface area contributed by atoms with E-state index in [2.05, 4.69) is 11.2 Å². The van der Waals surface area contributed by atoms with E-state index < -0.39 is 0 Å². The molecular weight excluding hydrogens is 178 g/mol. The van der Waals surface area contributed by atoms with Crippen molar-refractivity contribution in [3.63, 3.8) is 0 Å². The van der Waals surface area contributed by atoms with E-state index in [1.807, 2.05) is 25.1 Å². The normalized spacial score (nSPS) is 11.4. The SMILES string of the molecule is Cc1cccc(CN(C)C(N)=NO)c1. The lowest BCUT2D eigenvalue weighted by molar-refractivity contribution is 0.304. The molecule has 1 aromatic rings. The average molecular weight is 193 g/mol. The maximum absolute atomic E-state index is 8.46. The van der Waals surface area contributed by atoms with E-state index in [4.69, 9.17) is 10.9 Å². The first-order chi connectivity index (χ1) is 6.63. The summed E-state index contributed by atoms with van der Waals surface area (Å²) in [4.78, 5) is 1.68. The Bertz CT molecular complexity index is 336. The summed E-state index contributed by atoms with van der Waals surface area (Å²) in [5.41, 5.74) is 7.77. The Hall–Kier alpha value is -1.71. The topological polar surface area (TPSA) is 61.8 Å². The summed E-state index contributed by atoms with van der Waals surface area (Å²) >= 11 is 0. The van der Waals surface area contributed by atoms with Crippen molar-refractivity contribution in [1.29, 1.82) is 0 Å². The number of nitrogens with zero attached hydrogens (tertiary/aromatic N) is 2. The summed E-state index contributed by atoms with van der Waals surface area (Å²) in [5, 5.41) is 11.4. The highest BCUT2D eigenvalue weighted by Crippen LogP contribution is 2.06. The fourth-order valence-corrected chi connectivity index (χ4v) is 1.24. The number of benzene rings is 1. The van der Waals surface area contributed by atoms with Crippen molar-refractivity contribution in [1.82, 2.24) is 4.90 Å². The fourth-order valence-electron chi connectivity index (χ4n) is 1.24. The van der Waals surface area contributed by atoms with Crippen LogP contribution in [0, 0.1) is 6.92 Å². The molecule has 1 aromatic carbocycles. The van der Waals surface area contributed by atoms with E-state index in [0.29, 0.717) is 6.54 Å². The van der Waals surface area contributed by atoms with Gasteiger partial charge in [0.25, 0.3) is 0 Å². The van der Waals surface area contributed by atoms with Gasteiger partial charge in [0.1, 0.15) is 0 Å². The average Bonchev–Trinajstić information content (AvgIpc) is 2.16. The molecule has 0 aromatic heterocycles. The second kappa shape index (κ2) is 4.50. The Labute approximate surface area is 83.6 Å². The van der Waals surface area contributed by atoms with Crippen LogP contribution in [0.4, 0.5) is 0 Å². The van der Waals surface area contributed by atoms with Gasteiger partial charge in [0, 0.05) is 13.6 Å². The molecule has 0 bridgehead atoms. The van der Waals surface area contributed by atoms with Gasteiger partial charge in [0.05, 0.1) is 0 Å². The van der Waals surface area contributed by atoms with Crippen LogP contribution in [0.2, 0.25) is 0 Å². The van der Waals surface area contributed by atoms with Crippen molar-refractivity contribution in [3.05, 3.63) is 35.4 Å². The van der Waals surface area contributed by atoms with E-state index in [1.54, 1.807) is 11.9 Å². The number of aryl methyl sites for hydroxylation is 1. The molecule has 0 fully saturated rings. The molecular formula is C10H15N3O. The summed E-state index contributed by atoms with van der Waals surface area (Å²) in [7, 11) is 1.78. The maximum atomic E-state index is 8.46. The van der Waals surface area contributed by atoms with E-state index in [9.17, 15) is 0 Å². The third-order valence-electron chi connectivity index (χ3n) is 2.00. The molecule has 0 aliphatic carbocycles. The Balaban J connectivity index is 2.69. The lowest BCUT2D eigenvalue weighted by Crippen LogP contribution is -2.33. The maximum Gasteiger partial charge on any atom is 0.233 e. The molecule has 4 nitrogen and oxygen atoms in total. The highest BCUT2D eigenvalue weighted by Gasteiger charge is 2.02. The molecule has 0 aliphatic heterocycles. The number of hydrogen-bond donors (Lipinski definition) is 2. The van der Waals surface area contributed by atoms with Crippen LogP contribution < -0.4 is 5.73 Å². The summed E-state index contributed by atoms with van der Waals surface area (Å²) in [6.45, 7) is 2.67. The molecule has 0 saturated heterocycles. The van der Waals surface area contributed by atoms with Gasteiger partial charge in [-0.15, -0.1) is 0 Å². The highest BCUT2D eigenvalue weighted by atomic mass is 16.4. The van der Waals surface area contributed by atoms with E-state index in [-0.39, 0.29) is 5.96 Å². The van der Waals surface area contributed by atoms with Gasteiger partial charge < -0.3 is 15.8 Å². The zero-order valence-electron chi connectivity index (χ0n) is 8.44. The van der Waals surface area contributed by atoms with Crippen molar-refractivity contribution in [3.8, 4) is 0 Å². The minimum atomic E-state index is 0.117. The molecule has 0 spiro atoms. The fraction of sp³-hybridized carbons (Fsp3) is 0.300. The van der Waals surface area contributed by atoms with Crippen molar-refractivity contribution < 1.29 is 5.21 Å². The minimum absolute atomic E-state index is 0.117.